The van der Waals surface area contributed by atoms with E-state index in [4.69, 9.17) is 5.11 Å². The van der Waals surface area contributed by atoms with Crippen LogP contribution in [-0.4, -0.2) is 31.7 Å². The second-order valence-electron chi connectivity index (χ2n) is 4.80. The number of nitrogens with one attached hydrogen (secondary N) is 1. The number of nitrogens with zero attached hydrogens (tertiary/aromatic N) is 1. The van der Waals surface area contributed by atoms with Gasteiger partial charge in [-0.15, -0.1) is 0 Å². The van der Waals surface area contributed by atoms with E-state index in [1.165, 1.54) is 18.5 Å². The summed E-state index contributed by atoms with van der Waals surface area (Å²) >= 11 is 0. The van der Waals surface area contributed by atoms with Gasteiger partial charge in [0.15, 0.2) is 0 Å². The highest BCUT2D eigenvalue weighted by atomic mass is 32.2. The van der Waals surface area contributed by atoms with E-state index in [2.05, 4.69) is 35.4 Å². The maximum atomic E-state index is 12.1. The number of aromatic nitrogens is 1. The third kappa shape index (κ3) is 5.70. The van der Waals surface area contributed by atoms with Crippen molar-refractivity contribution in [2.45, 2.75) is 31.6 Å². The standard InChI is InChI=1S/C14H20N2O3S/c1-12(2)5-3-7-16-20(18,19)14-9-13(6-4-8-17)10-15-11-14/h9-12,16-17H,3,5,7-8H2,1-2H3. The second-order valence-corrected chi connectivity index (χ2v) is 6.57. The molecule has 0 radical (unpaired) electrons. The van der Waals surface area contributed by atoms with Crippen LogP contribution in [0.15, 0.2) is 23.4 Å². The minimum atomic E-state index is -3.55. The highest BCUT2D eigenvalue weighted by Gasteiger charge is 2.14. The summed E-state index contributed by atoms with van der Waals surface area (Å²) in [5, 5.41) is 8.62. The third-order valence-electron chi connectivity index (χ3n) is 2.59. The highest BCUT2D eigenvalue weighted by Crippen LogP contribution is 2.09. The monoisotopic (exact) mass is 296 g/mol. The molecule has 0 unspecified atom stereocenters. The van der Waals surface area contributed by atoms with E-state index < -0.39 is 10.0 Å². The van der Waals surface area contributed by atoms with E-state index in [9.17, 15) is 8.42 Å². The highest BCUT2D eigenvalue weighted by molar-refractivity contribution is 7.89. The van der Waals surface area contributed by atoms with Crippen molar-refractivity contribution in [1.82, 2.24) is 9.71 Å². The number of sulfonamides is 1. The van der Waals surface area contributed by atoms with E-state index in [-0.39, 0.29) is 11.5 Å². The Labute approximate surface area is 120 Å². The summed E-state index contributed by atoms with van der Waals surface area (Å²) in [6.45, 7) is 4.33. The van der Waals surface area contributed by atoms with E-state index in [0.717, 1.165) is 12.8 Å². The molecule has 1 rings (SSSR count). The smallest absolute Gasteiger partial charge is 0.242 e. The van der Waals surface area contributed by atoms with Crippen molar-refractivity contribution in [3.05, 3.63) is 24.0 Å². The minimum Gasteiger partial charge on any atom is -0.384 e. The van der Waals surface area contributed by atoms with Crippen LogP contribution in [0.5, 0.6) is 0 Å². The summed E-state index contributed by atoms with van der Waals surface area (Å²) in [6, 6.07) is 1.44. The number of aliphatic hydroxyl groups is 1. The van der Waals surface area contributed by atoms with E-state index in [0.29, 0.717) is 18.0 Å². The van der Waals surface area contributed by atoms with Crippen LogP contribution in [0.4, 0.5) is 0 Å². The van der Waals surface area contributed by atoms with Gasteiger partial charge in [0.1, 0.15) is 11.5 Å². The van der Waals surface area contributed by atoms with Crippen LogP contribution in [0.2, 0.25) is 0 Å². The van der Waals surface area contributed by atoms with Gasteiger partial charge in [0.2, 0.25) is 10.0 Å². The van der Waals surface area contributed by atoms with Crippen LogP contribution in [0, 0.1) is 17.8 Å². The topological polar surface area (TPSA) is 79.3 Å². The third-order valence-corrected chi connectivity index (χ3v) is 4.01. The zero-order chi connectivity index (χ0) is 15.0. The van der Waals surface area contributed by atoms with Crippen molar-refractivity contribution in [3.63, 3.8) is 0 Å². The lowest BCUT2D eigenvalue weighted by molar-refractivity contribution is 0.350. The Morgan fingerprint density at radius 3 is 2.80 bits per heavy atom. The van der Waals surface area contributed by atoms with Gasteiger partial charge in [-0.1, -0.05) is 25.7 Å². The Balaban J connectivity index is 2.72. The Bertz CT molecular complexity index is 586. The Kier molecular flexibility index (Phi) is 6.65. The average molecular weight is 296 g/mol. The molecule has 0 amide bonds. The predicted octanol–water partition coefficient (Wildman–Crippen LogP) is 1.14. The van der Waals surface area contributed by atoms with E-state index in [1.54, 1.807) is 0 Å². The van der Waals surface area contributed by atoms with Gasteiger partial charge in [-0.25, -0.2) is 13.1 Å². The van der Waals surface area contributed by atoms with Crippen LogP contribution >= 0.6 is 0 Å². The first-order valence-electron chi connectivity index (χ1n) is 6.50. The van der Waals surface area contributed by atoms with Gasteiger partial charge in [0.25, 0.3) is 0 Å². The lowest BCUT2D eigenvalue weighted by Crippen LogP contribution is -2.25. The van der Waals surface area contributed by atoms with Crippen LogP contribution < -0.4 is 4.72 Å². The zero-order valence-electron chi connectivity index (χ0n) is 11.8. The largest absolute Gasteiger partial charge is 0.384 e. The molecule has 110 valence electrons. The molecule has 1 heterocycles. The quantitative estimate of drug-likeness (QED) is 0.609. The minimum absolute atomic E-state index is 0.0896. The molecule has 20 heavy (non-hydrogen) atoms. The summed E-state index contributed by atoms with van der Waals surface area (Å²) in [4.78, 5) is 3.95. The van der Waals surface area contributed by atoms with Gasteiger partial charge >= 0.3 is 0 Å². The van der Waals surface area contributed by atoms with Gasteiger partial charge in [0, 0.05) is 24.5 Å². The molecule has 0 aliphatic carbocycles. The molecule has 5 nitrogen and oxygen atoms in total. The Morgan fingerprint density at radius 1 is 1.40 bits per heavy atom. The van der Waals surface area contributed by atoms with Gasteiger partial charge < -0.3 is 5.11 Å². The van der Waals surface area contributed by atoms with E-state index >= 15 is 0 Å². The van der Waals surface area contributed by atoms with Crippen molar-refractivity contribution in [2.75, 3.05) is 13.2 Å². The molecule has 0 aromatic carbocycles. The molecular formula is C14H20N2O3S. The summed E-state index contributed by atoms with van der Waals surface area (Å²) in [5.74, 6) is 5.65. The number of pyridine rings is 1. The lowest BCUT2D eigenvalue weighted by Gasteiger charge is -2.08. The molecule has 0 fully saturated rings. The molecule has 2 N–H and O–H groups in total. The van der Waals surface area contributed by atoms with Crippen LogP contribution in [0.25, 0.3) is 0 Å². The molecule has 0 bridgehead atoms. The summed E-state index contributed by atoms with van der Waals surface area (Å²) in [6.07, 6.45) is 4.52. The zero-order valence-corrected chi connectivity index (χ0v) is 12.6. The van der Waals surface area contributed by atoms with Gasteiger partial charge in [-0.05, 0) is 24.8 Å². The van der Waals surface area contributed by atoms with Crippen LogP contribution in [0.3, 0.4) is 0 Å². The fourth-order valence-electron chi connectivity index (χ4n) is 1.58. The van der Waals surface area contributed by atoms with Crippen LogP contribution in [-0.2, 0) is 10.0 Å². The maximum Gasteiger partial charge on any atom is 0.242 e. The predicted molar refractivity (Wildman–Crippen MR) is 77.5 cm³/mol. The number of rotatable bonds is 6. The lowest BCUT2D eigenvalue weighted by atomic mass is 10.1. The maximum absolute atomic E-state index is 12.1. The van der Waals surface area contributed by atoms with Crippen molar-refractivity contribution < 1.29 is 13.5 Å². The van der Waals surface area contributed by atoms with E-state index in [1.807, 2.05) is 0 Å². The second kappa shape index (κ2) is 8.00. The molecule has 0 saturated heterocycles. The fraction of sp³-hybridized carbons (Fsp3) is 0.500. The first-order chi connectivity index (χ1) is 9.45. The van der Waals surface area contributed by atoms with Crippen molar-refractivity contribution >= 4 is 10.0 Å². The number of aliphatic hydroxyl groups excluding tert-OH is 1. The van der Waals surface area contributed by atoms with Crippen molar-refractivity contribution in [1.29, 1.82) is 0 Å². The molecule has 0 atom stereocenters. The number of hydrogen-bond acceptors (Lipinski definition) is 4. The van der Waals surface area contributed by atoms with Crippen molar-refractivity contribution in [3.8, 4) is 11.8 Å². The molecule has 1 aromatic rings. The summed E-state index contributed by atoms with van der Waals surface area (Å²) in [7, 11) is -3.55. The Morgan fingerprint density at radius 2 is 2.15 bits per heavy atom. The molecule has 6 heteroatoms. The first-order valence-corrected chi connectivity index (χ1v) is 7.98. The molecule has 0 saturated carbocycles. The van der Waals surface area contributed by atoms with Gasteiger partial charge in [-0.2, -0.15) is 0 Å². The summed E-state index contributed by atoms with van der Waals surface area (Å²) < 4.78 is 26.7. The normalized spacial score (nSPS) is 11.2. The molecule has 1 aromatic heterocycles. The molecule has 0 aliphatic rings. The van der Waals surface area contributed by atoms with Gasteiger partial charge in [-0.3, -0.25) is 4.98 Å². The summed E-state index contributed by atoms with van der Waals surface area (Å²) in [5.41, 5.74) is 0.462. The number of hydrogen-bond donors (Lipinski definition) is 2. The first kappa shape index (κ1) is 16.6. The molecule has 0 aliphatic heterocycles. The SMILES string of the molecule is CC(C)CCCNS(=O)(=O)c1cncc(C#CCO)c1. The van der Waals surface area contributed by atoms with Gasteiger partial charge in [0.05, 0.1) is 0 Å². The average Bonchev–Trinajstić information content (AvgIpc) is 2.41. The van der Waals surface area contributed by atoms with Crippen LogP contribution in [0.1, 0.15) is 32.3 Å². The molecule has 0 spiro atoms. The molecular weight excluding hydrogens is 276 g/mol. The van der Waals surface area contributed by atoms with Crippen molar-refractivity contribution in [2.24, 2.45) is 5.92 Å². The fourth-order valence-corrected chi connectivity index (χ4v) is 2.64. The Hall–Kier alpha value is -1.42.